The van der Waals surface area contributed by atoms with Gasteiger partial charge in [-0.2, -0.15) is 0 Å². The SMILES string of the molecule is O=C(O)N1CCC2C(C1)c1cccc3c1N2CCC3. The van der Waals surface area contributed by atoms with E-state index >= 15 is 0 Å². The number of carbonyl (C=O) groups is 1. The van der Waals surface area contributed by atoms with Gasteiger partial charge in [0.05, 0.1) is 0 Å². The Labute approximate surface area is 112 Å². The van der Waals surface area contributed by atoms with Crippen LogP contribution in [0.1, 0.15) is 29.9 Å². The number of hydrogen-bond acceptors (Lipinski definition) is 2. The van der Waals surface area contributed by atoms with Crippen LogP contribution in [-0.2, 0) is 6.42 Å². The Balaban J connectivity index is 1.76. The molecule has 0 bridgehead atoms. The molecule has 4 heteroatoms. The number of anilines is 1. The van der Waals surface area contributed by atoms with Gasteiger partial charge in [0.25, 0.3) is 0 Å². The molecule has 3 aliphatic heterocycles. The Morgan fingerprint density at radius 1 is 1.32 bits per heavy atom. The largest absolute Gasteiger partial charge is 0.465 e. The second kappa shape index (κ2) is 3.89. The number of hydrogen-bond donors (Lipinski definition) is 1. The van der Waals surface area contributed by atoms with E-state index in [2.05, 4.69) is 23.1 Å². The molecule has 1 fully saturated rings. The zero-order chi connectivity index (χ0) is 13.0. The number of rotatable bonds is 0. The lowest BCUT2D eigenvalue weighted by Crippen LogP contribution is -2.48. The first-order valence-corrected chi connectivity index (χ1v) is 7.12. The Morgan fingerprint density at radius 2 is 2.21 bits per heavy atom. The van der Waals surface area contributed by atoms with Gasteiger partial charge in [0.1, 0.15) is 0 Å². The highest BCUT2D eigenvalue weighted by molar-refractivity contribution is 5.70. The summed E-state index contributed by atoms with van der Waals surface area (Å²) in [5.74, 6) is 0.373. The molecule has 100 valence electrons. The van der Waals surface area contributed by atoms with Gasteiger partial charge in [-0.15, -0.1) is 0 Å². The molecule has 1 aromatic rings. The molecule has 3 aliphatic rings. The van der Waals surface area contributed by atoms with Gasteiger partial charge in [0.15, 0.2) is 0 Å². The lowest BCUT2D eigenvalue weighted by molar-refractivity contribution is 0.127. The Bertz CT molecular complexity index is 543. The van der Waals surface area contributed by atoms with E-state index < -0.39 is 6.09 Å². The van der Waals surface area contributed by atoms with Crippen LogP contribution < -0.4 is 4.90 Å². The van der Waals surface area contributed by atoms with E-state index in [1.54, 1.807) is 4.90 Å². The monoisotopic (exact) mass is 258 g/mol. The molecule has 0 spiro atoms. The van der Waals surface area contributed by atoms with Crippen LogP contribution in [-0.4, -0.2) is 41.8 Å². The molecule has 0 saturated carbocycles. The fourth-order valence-electron chi connectivity index (χ4n) is 4.14. The third-order valence-electron chi connectivity index (χ3n) is 4.93. The zero-order valence-electron chi connectivity index (χ0n) is 10.9. The van der Waals surface area contributed by atoms with E-state index in [4.69, 9.17) is 0 Å². The van der Waals surface area contributed by atoms with Crippen LogP contribution in [0.15, 0.2) is 18.2 Å². The fourth-order valence-corrected chi connectivity index (χ4v) is 4.14. The molecule has 1 N–H and O–H groups in total. The number of para-hydroxylation sites is 1. The van der Waals surface area contributed by atoms with E-state index in [1.807, 2.05) is 0 Å². The first-order chi connectivity index (χ1) is 9.25. The van der Waals surface area contributed by atoms with Crippen molar-refractivity contribution in [3.63, 3.8) is 0 Å². The number of carboxylic acid groups (broad SMARTS) is 1. The van der Waals surface area contributed by atoms with Crippen LogP contribution in [0, 0.1) is 0 Å². The van der Waals surface area contributed by atoms with E-state index in [1.165, 1.54) is 29.7 Å². The minimum Gasteiger partial charge on any atom is -0.465 e. The van der Waals surface area contributed by atoms with Crippen LogP contribution in [0.25, 0.3) is 0 Å². The van der Waals surface area contributed by atoms with Crippen molar-refractivity contribution >= 4 is 11.8 Å². The van der Waals surface area contributed by atoms with Crippen molar-refractivity contribution in [1.29, 1.82) is 0 Å². The number of fused-ring (bicyclic) bond motifs is 3. The molecule has 0 aromatic heterocycles. The number of aryl methyl sites for hydroxylation is 1. The highest BCUT2D eigenvalue weighted by Gasteiger charge is 2.44. The minimum atomic E-state index is -0.774. The Kier molecular flexibility index (Phi) is 2.28. The summed E-state index contributed by atoms with van der Waals surface area (Å²) in [7, 11) is 0. The first-order valence-electron chi connectivity index (χ1n) is 7.12. The van der Waals surface area contributed by atoms with Gasteiger partial charge in [-0.05, 0) is 30.4 Å². The van der Waals surface area contributed by atoms with E-state index in [0.29, 0.717) is 25.0 Å². The number of likely N-dealkylation sites (tertiary alicyclic amines) is 1. The highest BCUT2D eigenvalue weighted by atomic mass is 16.4. The van der Waals surface area contributed by atoms with Gasteiger partial charge in [0, 0.05) is 37.3 Å². The summed E-state index contributed by atoms with van der Waals surface area (Å²) in [4.78, 5) is 15.3. The summed E-state index contributed by atoms with van der Waals surface area (Å²) in [6.07, 6.45) is 2.58. The third kappa shape index (κ3) is 1.49. The molecule has 19 heavy (non-hydrogen) atoms. The van der Waals surface area contributed by atoms with Crippen molar-refractivity contribution in [1.82, 2.24) is 4.90 Å². The maximum Gasteiger partial charge on any atom is 0.407 e. The third-order valence-corrected chi connectivity index (χ3v) is 4.93. The lowest BCUT2D eigenvalue weighted by atomic mass is 9.89. The number of benzene rings is 1. The topological polar surface area (TPSA) is 43.8 Å². The normalized spacial score (nSPS) is 28.0. The molecule has 0 aliphatic carbocycles. The van der Waals surface area contributed by atoms with Gasteiger partial charge in [-0.1, -0.05) is 18.2 Å². The standard InChI is InChI=1S/C15H18N2O2/c18-15(19)16-8-6-13-12(9-16)11-5-1-3-10-4-2-7-17(13)14(10)11/h1,3,5,12-13H,2,4,6-9H2,(H,18,19). The molecule has 3 heterocycles. The average Bonchev–Trinajstić information content (AvgIpc) is 2.76. The van der Waals surface area contributed by atoms with Crippen molar-refractivity contribution in [2.24, 2.45) is 0 Å². The quantitative estimate of drug-likeness (QED) is 0.776. The summed E-state index contributed by atoms with van der Waals surface area (Å²) >= 11 is 0. The van der Waals surface area contributed by atoms with Crippen molar-refractivity contribution in [3.8, 4) is 0 Å². The smallest absolute Gasteiger partial charge is 0.407 e. The predicted octanol–water partition coefficient (Wildman–Crippen LogP) is 2.29. The molecule has 1 saturated heterocycles. The predicted molar refractivity (Wildman–Crippen MR) is 72.9 cm³/mol. The second-order valence-corrected chi connectivity index (χ2v) is 5.84. The molecule has 4 nitrogen and oxygen atoms in total. The van der Waals surface area contributed by atoms with E-state index in [-0.39, 0.29) is 0 Å². The fraction of sp³-hybridized carbons (Fsp3) is 0.533. The Hall–Kier alpha value is -1.71. The number of piperidine rings is 1. The summed E-state index contributed by atoms with van der Waals surface area (Å²) in [6, 6.07) is 7.09. The van der Waals surface area contributed by atoms with Crippen molar-refractivity contribution in [3.05, 3.63) is 29.3 Å². The minimum absolute atomic E-state index is 0.373. The van der Waals surface area contributed by atoms with Gasteiger partial charge >= 0.3 is 6.09 Å². The summed E-state index contributed by atoms with van der Waals surface area (Å²) in [5, 5.41) is 9.21. The maximum absolute atomic E-state index is 11.2. The molecular weight excluding hydrogens is 240 g/mol. The van der Waals surface area contributed by atoms with Crippen LogP contribution >= 0.6 is 0 Å². The highest BCUT2D eigenvalue weighted by Crippen LogP contribution is 2.48. The van der Waals surface area contributed by atoms with Crippen molar-refractivity contribution in [2.45, 2.75) is 31.2 Å². The summed E-state index contributed by atoms with van der Waals surface area (Å²) in [5.41, 5.74) is 4.27. The summed E-state index contributed by atoms with van der Waals surface area (Å²) < 4.78 is 0. The molecule has 2 unspecified atom stereocenters. The number of nitrogens with zero attached hydrogens (tertiary/aromatic N) is 2. The average molecular weight is 258 g/mol. The van der Waals surface area contributed by atoms with Crippen LogP contribution in [0.2, 0.25) is 0 Å². The van der Waals surface area contributed by atoms with Crippen molar-refractivity contribution in [2.75, 3.05) is 24.5 Å². The van der Waals surface area contributed by atoms with Gasteiger partial charge in [0.2, 0.25) is 0 Å². The molecule has 0 radical (unpaired) electrons. The molecule has 2 atom stereocenters. The number of amides is 1. The van der Waals surface area contributed by atoms with Gasteiger partial charge < -0.3 is 14.9 Å². The molecule has 1 amide bonds. The van der Waals surface area contributed by atoms with Crippen LogP contribution in [0.5, 0.6) is 0 Å². The lowest BCUT2D eigenvalue weighted by Gasteiger charge is -2.39. The van der Waals surface area contributed by atoms with E-state index in [9.17, 15) is 9.90 Å². The van der Waals surface area contributed by atoms with Crippen molar-refractivity contribution < 1.29 is 9.90 Å². The zero-order valence-corrected chi connectivity index (χ0v) is 10.9. The second-order valence-electron chi connectivity index (χ2n) is 5.84. The van der Waals surface area contributed by atoms with Gasteiger partial charge in [-0.25, -0.2) is 4.79 Å². The molecular formula is C15H18N2O2. The molecule has 4 rings (SSSR count). The first kappa shape index (κ1) is 11.1. The van der Waals surface area contributed by atoms with Crippen LogP contribution in [0.3, 0.4) is 0 Å². The molecule has 1 aromatic carbocycles. The maximum atomic E-state index is 11.2. The van der Waals surface area contributed by atoms with Crippen LogP contribution in [0.4, 0.5) is 10.5 Å². The van der Waals surface area contributed by atoms with Gasteiger partial charge in [-0.3, -0.25) is 0 Å². The Morgan fingerprint density at radius 3 is 3.05 bits per heavy atom. The van der Waals surface area contributed by atoms with E-state index in [0.717, 1.165) is 13.0 Å². The summed E-state index contributed by atoms with van der Waals surface area (Å²) in [6.45, 7) is 2.47.